The van der Waals surface area contributed by atoms with E-state index in [1.54, 1.807) is 5.38 Å². The molecule has 0 aliphatic carbocycles. The molecule has 0 saturated carbocycles. The molecule has 2 rings (SSSR count). The number of nitrogens with zero attached hydrogens (tertiary/aromatic N) is 1. The van der Waals surface area contributed by atoms with Gasteiger partial charge in [-0.2, -0.15) is 0 Å². The molecule has 0 unspecified atom stereocenters. The normalized spacial score (nSPS) is 10.7. The molecule has 2 aromatic rings. The summed E-state index contributed by atoms with van der Waals surface area (Å²) in [6, 6.07) is 7.67. The molecule has 0 aliphatic heterocycles. The number of esters is 1. The summed E-state index contributed by atoms with van der Waals surface area (Å²) < 4.78 is 10.6. The van der Waals surface area contributed by atoms with Gasteiger partial charge in [0, 0.05) is 10.9 Å². The van der Waals surface area contributed by atoms with E-state index in [0.29, 0.717) is 24.8 Å². The van der Waals surface area contributed by atoms with Crippen molar-refractivity contribution in [2.75, 3.05) is 13.2 Å². The average Bonchev–Trinajstić information content (AvgIpc) is 2.96. The van der Waals surface area contributed by atoms with Crippen molar-refractivity contribution in [3.8, 4) is 16.3 Å². The summed E-state index contributed by atoms with van der Waals surface area (Å²) in [4.78, 5) is 16.2. The SMILES string of the molecule is CCOc1ccc(-c2nc(C(=O)OCC(C)C)cs2)cc1. The smallest absolute Gasteiger partial charge is 0.357 e. The number of carbonyl (C=O) groups excluding carboxylic acids is 1. The van der Waals surface area contributed by atoms with Crippen LogP contribution >= 0.6 is 11.3 Å². The van der Waals surface area contributed by atoms with Crippen LogP contribution in [0.3, 0.4) is 0 Å². The highest BCUT2D eigenvalue weighted by Gasteiger charge is 2.13. The fourth-order valence-corrected chi connectivity index (χ4v) is 2.47. The van der Waals surface area contributed by atoms with E-state index in [-0.39, 0.29) is 5.97 Å². The minimum atomic E-state index is -0.364. The van der Waals surface area contributed by atoms with Crippen molar-refractivity contribution in [1.29, 1.82) is 0 Å². The molecule has 0 amide bonds. The van der Waals surface area contributed by atoms with Crippen molar-refractivity contribution in [2.24, 2.45) is 5.92 Å². The first-order valence-corrected chi connectivity index (χ1v) is 7.84. The van der Waals surface area contributed by atoms with Crippen LogP contribution in [0.1, 0.15) is 31.3 Å². The summed E-state index contributed by atoms with van der Waals surface area (Å²) in [5.41, 5.74) is 1.33. The van der Waals surface area contributed by atoms with E-state index in [1.165, 1.54) is 11.3 Å². The Morgan fingerprint density at radius 1 is 1.29 bits per heavy atom. The molecule has 0 aliphatic rings. The third-order valence-corrected chi connectivity index (χ3v) is 3.56. The van der Waals surface area contributed by atoms with Gasteiger partial charge in [-0.15, -0.1) is 11.3 Å². The first-order chi connectivity index (χ1) is 10.1. The number of aromatic nitrogens is 1. The summed E-state index contributed by atoms with van der Waals surface area (Å²) >= 11 is 1.43. The van der Waals surface area contributed by atoms with E-state index in [0.717, 1.165) is 16.3 Å². The fraction of sp³-hybridized carbons (Fsp3) is 0.375. The minimum absolute atomic E-state index is 0.318. The van der Waals surface area contributed by atoms with Gasteiger partial charge in [0.15, 0.2) is 5.69 Å². The van der Waals surface area contributed by atoms with Gasteiger partial charge in [0.05, 0.1) is 13.2 Å². The minimum Gasteiger partial charge on any atom is -0.494 e. The van der Waals surface area contributed by atoms with Crippen molar-refractivity contribution in [2.45, 2.75) is 20.8 Å². The maximum absolute atomic E-state index is 11.8. The number of benzene rings is 1. The van der Waals surface area contributed by atoms with Crippen LogP contribution in [-0.2, 0) is 4.74 Å². The molecule has 0 bridgehead atoms. The predicted octanol–water partition coefficient (Wildman–Crippen LogP) is 4.02. The van der Waals surface area contributed by atoms with Crippen LogP contribution < -0.4 is 4.74 Å². The summed E-state index contributed by atoms with van der Waals surface area (Å²) in [7, 11) is 0. The van der Waals surface area contributed by atoms with Crippen molar-refractivity contribution in [3.63, 3.8) is 0 Å². The molecule has 0 spiro atoms. The number of thiazole rings is 1. The predicted molar refractivity (Wildman–Crippen MR) is 83.8 cm³/mol. The van der Waals surface area contributed by atoms with Gasteiger partial charge < -0.3 is 9.47 Å². The van der Waals surface area contributed by atoms with Crippen molar-refractivity contribution in [3.05, 3.63) is 35.3 Å². The number of ether oxygens (including phenoxy) is 2. The molecule has 0 saturated heterocycles. The summed E-state index contributed by atoms with van der Waals surface area (Å²) in [6.45, 7) is 7.00. The molecule has 0 atom stereocenters. The second kappa shape index (κ2) is 7.22. The van der Waals surface area contributed by atoms with Crippen LogP contribution in [0.2, 0.25) is 0 Å². The molecule has 112 valence electrons. The van der Waals surface area contributed by atoms with Crippen LogP contribution in [0.4, 0.5) is 0 Å². The number of hydrogen-bond donors (Lipinski definition) is 0. The lowest BCUT2D eigenvalue weighted by molar-refractivity contribution is 0.0453. The van der Waals surface area contributed by atoms with Crippen molar-refractivity contribution < 1.29 is 14.3 Å². The van der Waals surface area contributed by atoms with E-state index >= 15 is 0 Å². The maximum Gasteiger partial charge on any atom is 0.357 e. The average molecular weight is 305 g/mol. The topological polar surface area (TPSA) is 48.4 Å². The third kappa shape index (κ3) is 4.29. The highest BCUT2D eigenvalue weighted by atomic mass is 32.1. The van der Waals surface area contributed by atoms with Crippen LogP contribution in [0.15, 0.2) is 29.6 Å². The highest BCUT2D eigenvalue weighted by Crippen LogP contribution is 2.26. The van der Waals surface area contributed by atoms with Gasteiger partial charge in [-0.25, -0.2) is 9.78 Å². The molecular weight excluding hydrogens is 286 g/mol. The first-order valence-electron chi connectivity index (χ1n) is 6.96. The molecule has 1 aromatic heterocycles. The van der Waals surface area contributed by atoms with Gasteiger partial charge >= 0.3 is 5.97 Å². The monoisotopic (exact) mass is 305 g/mol. The van der Waals surface area contributed by atoms with Gasteiger partial charge in [0.1, 0.15) is 10.8 Å². The first kappa shape index (κ1) is 15.5. The van der Waals surface area contributed by atoms with Crippen LogP contribution in [-0.4, -0.2) is 24.2 Å². The Bertz CT molecular complexity index is 590. The molecule has 1 aromatic carbocycles. The molecule has 4 nitrogen and oxygen atoms in total. The zero-order valence-corrected chi connectivity index (χ0v) is 13.3. The molecule has 21 heavy (non-hydrogen) atoms. The van der Waals surface area contributed by atoms with E-state index in [9.17, 15) is 4.79 Å². The van der Waals surface area contributed by atoms with Crippen LogP contribution in [0.25, 0.3) is 10.6 Å². The number of carbonyl (C=O) groups is 1. The van der Waals surface area contributed by atoms with E-state index < -0.39 is 0 Å². The second-order valence-corrected chi connectivity index (χ2v) is 5.85. The lowest BCUT2D eigenvalue weighted by Gasteiger charge is -2.05. The Morgan fingerprint density at radius 2 is 2.00 bits per heavy atom. The third-order valence-electron chi connectivity index (χ3n) is 2.67. The standard InChI is InChI=1S/C16H19NO3S/c1-4-19-13-7-5-12(6-8-13)15-17-14(10-21-15)16(18)20-9-11(2)3/h5-8,10-11H,4,9H2,1-3H3. The number of hydrogen-bond acceptors (Lipinski definition) is 5. The second-order valence-electron chi connectivity index (χ2n) is 4.99. The quantitative estimate of drug-likeness (QED) is 0.756. The lowest BCUT2D eigenvalue weighted by atomic mass is 10.2. The molecule has 0 N–H and O–H groups in total. The van der Waals surface area contributed by atoms with E-state index in [2.05, 4.69) is 4.98 Å². The molecule has 1 heterocycles. The summed E-state index contributed by atoms with van der Waals surface area (Å²) in [6.07, 6.45) is 0. The van der Waals surface area contributed by atoms with E-state index in [1.807, 2.05) is 45.0 Å². The summed E-state index contributed by atoms with van der Waals surface area (Å²) in [5, 5.41) is 2.53. The van der Waals surface area contributed by atoms with Crippen LogP contribution in [0, 0.1) is 5.92 Å². The zero-order valence-electron chi connectivity index (χ0n) is 12.5. The van der Waals surface area contributed by atoms with Crippen molar-refractivity contribution >= 4 is 17.3 Å². The van der Waals surface area contributed by atoms with Crippen molar-refractivity contribution in [1.82, 2.24) is 4.98 Å². The molecule has 0 fully saturated rings. The van der Waals surface area contributed by atoms with Gasteiger partial charge in [-0.1, -0.05) is 13.8 Å². The fourth-order valence-electron chi connectivity index (χ4n) is 1.68. The lowest BCUT2D eigenvalue weighted by Crippen LogP contribution is -2.10. The zero-order chi connectivity index (χ0) is 15.2. The largest absolute Gasteiger partial charge is 0.494 e. The van der Waals surface area contributed by atoms with Gasteiger partial charge in [0.2, 0.25) is 0 Å². The van der Waals surface area contributed by atoms with E-state index in [4.69, 9.17) is 9.47 Å². The van der Waals surface area contributed by atoms with Gasteiger partial charge in [-0.3, -0.25) is 0 Å². The molecular formula is C16H19NO3S. The Balaban J connectivity index is 2.06. The Labute approximate surface area is 128 Å². The highest BCUT2D eigenvalue weighted by molar-refractivity contribution is 7.13. The van der Waals surface area contributed by atoms with Crippen LogP contribution in [0.5, 0.6) is 5.75 Å². The molecule has 0 radical (unpaired) electrons. The molecule has 5 heteroatoms. The van der Waals surface area contributed by atoms with Gasteiger partial charge in [-0.05, 0) is 37.1 Å². The Morgan fingerprint density at radius 3 is 2.62 bits per heavy atom. The van der Waals surface area contributed by atoms with Gasteiger partial charge in [0.25, 0.3) is 0 Å². The Hall–Kier alpha value is -1.88. The summed E-state index contributed by atoms with van der Waals surface area (Å²) in [5.74, 6) is 0.782. The maximum atomic E-state index is 11.8. The Kier molecular flexibility index (Phi) is 5.33. The number of rotatable bonds is 6.